The van der Waals surface area contributed by atoms with Gasteiger partial charge < -0.3 is 19.9 Å². The molecule has 6 heteroatoms. The lowest BCUT2D eigenvalue weighted by molar-refractivity contribution is -0.137. The van der Waals surface area contributed by atoms with Gasteiger partial charge in [-0.25, -0.2) is 4.79 Å². The summed E-state index contributed by atoms with van der Waals surface area (Å²) in [5.74, 6) is 0.352. The Balaban J connectivity index is 1.59. The largest absolute Gasteiger partial charge is 0.383 e. The molecule has 1 spiro atoms. The molecule has 0 bridgehead atoms. The van der Waals surface area contributed by atoms with Gasteiger partial charge in [-0.3, -0.25) is 4.79 Å². The van der Waals surface area contributed by atoms with Crippen molar-refractivity contribution in [1.29, 1.82) is 0 Å². The highest BCUT2D eigenvalue weighted by molar-refractivity contribution is 5.87. The number of ether oxygens (including phenoxy) is 1. The number of methoxy groups -OCH3 is 1. The summed E-state index contributed by atoms with van der Waals surface area (Å²) in [4.78, 5) is 29.1. The van der Waals surface area contributed by atoms with Crippen molar-refractivity contribution in [3.8, 4) is 0 Å². The maximum atomic E-state index is 12.9. The molecule has 2 aliphatic rings. The van der Waals surface area contributed by atoms with Crippen LogP contribution in [0.4, 0.5) is 4.79 Å². The molecule has 1 aromatic carbocycles. The minimum atomic E-state index is -0.419. The Kier molecular flexibility index (Phi) is 5.27. The fourth-order valence-corrected chi connectivity index (χ4v) is 3.98. The lowest BCUT2D eigenvalue weighted by atomic mass is 9.78. The van der Waals surface area contributed by atoms with Crippen molar-refractivity contribution in [1.82, 2.24) is 15.1 Å². The summed E-state index contributed by atoms with van der Waals surface area (Å²) in [6.07, 6.45) is 0.819. The molecule has 2 heterocycles. The number of urea groups is 1. The fraction of sp³-hybridized carbons (Fsp3) is 0.579. The van der Waals surface area contributed by atoms with Crippen molar-refractivity contribution in [2.75, 3.05) is 39.9 Å². The molecule has 3 rings (SSSR count). The van der Waals surface area contributed by atoms with Gasteiger partial charge in [-0.05, 0) is 17.9 Å². The molecule has 0 unspecified atom stereocenters. The molecule has 1 N–H and O–H groups in total. The van der Waals surface area contributed by atoms with Crippen LogP contribution in [0.25, 0.3) is 0 Å². The second-order valence-corrected chi connectivity index (χ2v) is 7.12. The molecule has 136 valence electrons. The van der Waals surface area contributed by atoms with Gasteiger partial charge >= 0.3 is 6.03 Å². The summed E-state index contributed by atoms with van der Waals surface area (Å²) in [6.45, 7) is 5.67. The van der Waals surface area contributed by atoms with Crippen LogP contribution in [0.15, 0.2) is 30.3 Å². The third-order valence-corrected chi connectivity index (χ3v) is 5.59. The number of likely N-dealkylation sites (tertiary alicyclic amines) is 2. The van der Waals surface area contributed by atoms with Gasteiger partial charge in [-0.15, -0.1) is 0 Å². The van der Waals surface area contributed by atoms with E-state index in [2.05, 4.69) is 12.2 Å². The van der Waals surface area contributed by atoms with E-state index in [-0.39, 0.29) is 17.9 Å². The van der Waals surface area contributed by atoms with Gasteiger partial charge in [-0.1, -0.05) is 37.3 Å². The molecule has 2 saturated heterocycles. The molecule has 6 nitrogen and oxygen atoms in total. The molecule has 2 fully saturated rings. The number of rotatable bonds is 5. The number of amides is 3. The van der Waals surface area contributed by atoms with Crippen molar-refractivity contribution in [3.05, 3.63) is 35.9 Å². The van der Waals surface area contributed by atoms with Gasteiger partial charge in [0.25, 0.3) is 0 Å². The average molecular weight is 345 g/mol. The molecular weight excluding hydrogens is 318 g/mol. The molecule has 0 saturated carbocycles. The summed E-state index contributed by atoms with van der Waals surface area (Å²) in [5.41, 5.74) is 0.651. The van der Waals surface area contributed by atoms with Crippen LogP contribution in [-0.4, -0.2) is 61.6 Å². The third-order valence-electron chi connectivity index (χ3n) is 5.59. The first kappa shape index (κ1) is 17.7. The second kappa shape index (κ2) is 7.44. The molecule has 2 atom stereocenters. The summed E-state index contributed by atoms with van der Waals surface area (Å²) < 4.78 is 5.09. The van der Waals surface area contributed by atoms with Crippen molar-refractivity contribution >= 4 is 11.9 Å². The van der Waals surface area contributed by atoms with Crippen molar-refractivity contribution in [2.45, 2.75) is 19.9 Å². The molecule has 0 radical (unpaired) electrons. The number of carbonyl (C=O) groups is 2. The van der Waals surface area contributed by atoms with E-state index < -0.39 is 5.41 Å². The predicted octanol–water partition coefficient (Wildman–Crippen LogP) is 1.71. The molecule has 25 heavy (non-hydrogen) atoms. The zero-order valence-electron chi connectivity index (χ0n) is 15.0. The van der Waals surface area contributed by atoms with Crippen LogP contribution in [-0.2, 0) is 16.1 Å². The van der Waals surface area contributed by atoms with Crippen LogP contribution in [0.1, 0.15) is 18.9 Å². The van der Waals surface area contributed by atoms with Crippen LogP contribution in [0.5, 0.6) is 0 Å². The number of nitrogens with one attached hydrogen (secondary N) is 1. The van der Waals surface area contributed by atoms with E-state index in [1.807, 2.05) is 35.2 Å². The van der Waals surface area contributed by atoms with Crippen LogP contribution < -0.4 is 5.32 Å². The fourth-order valence-electron chi connectivity index (χ4n) is 3.98. The quantitative estimate of drug-likeness (QED) is 0.884. The van der Waals surface area contributed by atoms with Crippen molar-refractivity contribution < 1.29 is 14.3 Å². The summed E-state index contributed by atoms with van der Waals surface area (Å²) >= 11 is 0. The monoisotopic (exact) mass is 345 g/mol. The lowest BCUT2D eigenvalue weighted by Gasteiger charge is -2.26. The standard InChI is InChI=1S/C19H27N3O3/c1-15-13-22(18(24)20-12-16-6-4-3-5-7-16)14-19(15)8-9-21(17(19)23)10-11-25-2/h3-7,15H,8-14H2,1-2H3,(H,20,24)/t15-,19-/m0/s1. The van der Waals surface area contributed by atoms with E-state index in [9.17, 15) is 9.59 Å². The Hall–Kier alpha value is -2.08. The van der Waals surface area contributed by atoms with E-state index in [4.69, 9.17) is 4.74 Å². The minimum Gasteiger partial charge on any atom is -0.383 e. The first-order valence-electron chi connectivity index (χ1n) is 8.92. The Morgan fingerprint density at radius 1 is 1.36 bits per heavy atom. The maximum Gasteiger partial charge on any atom is 0.317 e. The smallest absolute Gasteiger partial charge is 0.317 e. The van der Waals surface area contributed by atoms with E-state index in [0.717, 1.165) is 18.5 Å². The first-order chi connectivity index (χ1) is 12.1. The van der Waals surface area contributed by atoms with Crippen molar-refractivity contribution in [3.63, 3.8) is 0 Å². The van der Waals surface area contributed by atoms with Gasteiger partial charge in [0.05, 0.1) is 12.0 Å². The molecule has 2 aliphatic heterocycles. The minimum absolute atomic E-state index is 0.0873. The Bertz CT molecular complexity index is 622. The SMILES string of the molecule is COCCN1CC[C@@]2(CN(C(=O)NCc3ccccc3)C[C@@H]2C)C1=O. The molecule has 0 aromatic heterocycles. The zero-order chi connectivity index (χ0) is 17.9. The van der Waals surface area contributed by atoms with Crippen LogP contribution in [0.2, 0.25) is 0 Å². The normalized spacial score (nSPS) is 25.8. The number of hydrogen-bond acceptors (Lipinski definition) is 3. The molecule has 1 aromatic rings. The number of hydrogen-bond donors (Lipinski definition) is 1. The van der Waals surface area contributed by atoms with Gasteiger partial charge in [0.2, 0.25) is 5.91 Å². The van der Waals surface area contributed by atoms with Gasteiger partial charge in [0.1, 0.15) is 0 Å². The van der Waals surface area contributed by atoms with Crippen LogP contribution >= 0.6 is 0 Å². The van der Waals surface area contributed by atoms with E-state index in [1.54, 1.807) is 12.0 Å². The Morgan fingerprint density at radius 3 is 2.84 bits per heavy atom. The first-order valence-corrected chi connectivity index (χ1v) is 8.92. The molecular formula is C19H27N3O3. The molecule has 0 aliphatic carbocycles. The lowest BCUT2D eigenvalue weighted by Crippen LogP contribution is -2.43. The summed E-state index contributed by atoms with van der Waals surface area (Å²) in [5, 5.41) is 2.97. The van der Waals surface area contributed by atoms with Crippen LogP contribution in [0, 0.1) is 11.3 Å². The van der Waals surface area contributed by atoms with Gasteiger partial charge in [0.15, 0.2) is 0 Å². The average Bonchev–Trinajstić information content (AvgIpc) is 3.13. The highest BCUT2D eigenvalue weighted by Gasteiger charge is 2.55. The maximum absolute atomic E-state index is 12.9. The number of benzene rings is 1. The predicted molar refractivity (Wildman–Crippen MR) is 94.9 cm³/mol. The van der Waals surface area contributed by atoms with Crippen molar-refractivity contribution in [2.24, 2.45) is 11.3 Å². The van der Waals surface area contributed by atoms with E-state index in [1.165, 1.54) is 0 Å². The molecule has 3 amide bonds. The highest BCUT2D eigenvalue weighted by atomic mass is 16.5. The van der Waals surface area contributed by atoms with E-state index in [0.29, 0.717) is 32.8 Å². The van der Waals surface area contributed by atoms with Crippen LogP contribution in [0.3, 0.4) is 0 Å². The zero-order valence-corrected chi connectivity index (χ0v) is 15.0. The summed E-state index contributed by atoms with van der Waals surface area (Å²) in [7, 11) is 1.65. The van der Waals surface area contributed by atoms with Gasteiger partial charge in [0, 0.05) is 39.8 Å². The topological polar surface area (TPSA) is 61.9 Å². The summed E-state index contributed by atoms with van der Waals surface area (Å²) in [6, 6.07) is 9.76. The number of carbonyl (C=O) groups excluding carboxylic acids is 2. The second-order valence-electron chi connectivity index (χ2n) is 7.12. The van der Waals surface area contributed by atoms with Gasteiger partial charge in [-0.2, -0.15) is 0 Å². The van der Waals surface area contributed by atoms with E-state index >= 15 is 0 Å². The Morgan fingerprint density at radius 2 is 2.12 bits per heavy atom. The third kappa shape index (κ3) is 3.49. The Labute approximate surface area is 149 Å². The highest BCUT2D eigenvalue weighted by Crippen LogP contribution is 2.44. The number of nitrogens with zero attached hydrogens (tertiary/aromatic N) is 2.